The van der Waals surface area contributed by atoms with Crippen LogP contribution in [0.25, 0.3) is 11.0 Å². The van der Waals surface area contributed by atoms with Gasteiger partial charge in [-0.2, -0.15) is 0 Å². The van der Waals surface area contributed by atoms with Crippen molar-refractivity contribution in [1.82, 2.24) is 5.32 Å². The molecule has 2 N–H and O–H groups in total. The van der Waals surface area contributed by atoms with Gasteiger partial charge < -0.3 is 14.8 Å². The van der Waals surface area contributed by atoms with Gasteiger partial charge in [-0.3, -0.25) is 4.79 Å². The number of amides is 1. The lowest BCUT2D eigenvalue weighted by molar-refractivity contribution is 0.0552. The number of hydrogen-bond acceptors (Lipinski definition) is 3. The number of hydrogen-bond donors (Lipinski definition) is 2. The summed E-state index contributed by atoms with van der Waals surface area (Å²) in [5, 5.41) is 13.0. The summed E-state index contributed by atoms with van der Waals surface area (Å²) in [7, 11) is 0. The van der Waals surface area contributed by atoms with Crippen LogP contribution in [-0.2, 0) is 0 Å². The zero-order valence-electron chi connectivity index (χ0n) is 10.1. The number of carbonyl (C=O) groups excluding carboxylic acids is 1. The van der Waals surface area contributed by atoms with Crippen molar-refractivity contribution in [2.24, 2.45) is 0 Å². The number of aliphatic hydroxyl groups excluding tert-OH is 1. The molecule has 1 aliphatic rings. The maximum atomic E-state index is 11.9. The van der Waals surface area contributed by atoms with Crippen molar-refractivity contribution < 1.29 is 14.3 Å². The van der Waals surface area contributed by atoms with Gasteiger partial charge in [-0.05, 0) is 38.0 Å². The van der Waals surface area contributed by atoms with Crippen LogP contribution in [0.1, 0.15) is 29.0 Å². The fourth-order valence-electron chi connectivity index (χ4n) is 2.24. The van der Waals surface area contributed by atoms with Gasteiger partial charge in [-0.25, -0.2) is 0 Å². The summed E-state index contributed by atoms with van der Waals surface area (Å²) in [5.74, 6) is 0.123. The third-order valence-corrected chi connectivity index (χ3v) is 3.34. The first kappa shape index (κ1) is 11.3. The molecule has 0 radical (unpaired) electrons. The lowest BCUT2D eigenvalue weighted by atomic mass is 9.89. The SMILES string of the molecule is Cc1ccc2oc(C(=O)NC3CC(O)C3)cc2c1. The molecule has 1 aromatic carbocycles. The second kappa shape index (κ2) is 4.14. The molecule has 0 unspecified atom stereocenters. The molecule has 0 saturated heterocycles. The second-order valence-corrected chi connectivity index (χ2v) is 4.95. The van der Waals surface area contributed by atoms with Crippen LogP contribution in [0.4, 0.5) is 0 Å². The van der Waals surface area contributed by atoms with Gasteiger partial charge in [-0.1, -0.05) is 11.6 Å². The fourth-order valence-corrected chi connectivity index (χ4v) is 2.24. The molecule has 18 heavy (non-hydrogen) atoms. The molecule has 1 heterocycles. The van der Waals surface area contributed by atoms with E-state index in [4.69, 9.17) is 4.42 Å². The van der Waals surface area contributed by atoms with Crippen molar-refractivity contribution in [3.8, 4) is 0 Å². The van der Waals surface area contributed by atoms with Gasteiger partial charge in [0, 0.05) is 11.4 Å². The van der Waals surface area contributed by atoms with Gasteiger partial charge in [0.2, 0.25) is 0 Å². The Labute approximate surface area is 105 Å². The predicted molar refractivity (Wildman–Crippen MR) is 67.4 cm³/mol. The molecular weight excluding hydrogens is 230 g/mol. The highest BCUT2D eigenvalue weighted by Gasteiger charge is 2.29. The third-order valence-electron chi connectivity index (χ3n) is 3.34. The Balaban J connectivity index is 1.79. The molecule has 4 nitrogen and oxygen atoms in total. The van der Waals surface area contributed by atoms with Gasteiger partial charge in [0.15, 0.2) is 5.76 Å². The number of furan rings is 1. The normalized spacial score (nSPS) is 22.8. The lowest BCUT2D eigenvalue weighted by Crippen LogP contribution is -2.46. The number of fused-ring (bicyclic) bond motifs is 1. The highest BCUT2D eigenvalue weighted by atomic mass is 16.3. The van der Waals surface area contributed by atoms with Crippen LogP contribution >= 0.6 is 0 Å². The van der Waals surface area contributed by atoms with Gasteiger partial charge in [0.05, 0.1) is 6.10 Å². The summed E-state index contributed by atoms with van der Waals surface area (Å²) in [6.07, 6.45) is 0.990. The molecule has 1 amide bonds. The molecule has 1 aliphatic carbocycles. The minimum Gasteiger partial charge on any atom is -0.451 e. The van der Waals surface area contributed by atoms with E-state index >= 15 is 0 Å². The minimum absolute atomic E-state index is 0.0717. The topological polar surface area (TPSA) is 62.5 Å². The van der Waals surface area contributed by atoms with E-state index in [0.29, 0.717) is 18.6 Å². The first-order valence-electron chi connectivity index (χ1n) is 6.11. The zero-order chi connectivity index (χ0) is 12.7. The summed E-state index contributed by atoms with van der Waals surface area (Å²) in [4.78, 5) is 11.9. The van der Waals surface area contributed by atoms with Crippen molar-refractivity contribution in [3.63, 3.8) is 0 Å². The number of nitrogens with one attached hydrogen (secondary N) is 1. The van der Waals surface area contributed by atoms with Crippen LogP contribution in [-0.4, -0.2) is 23.2 Å². The molecule has 0 bridgehead atoms. The van der Waals surface area contributed by atoms with Gasteiger partial charge in [-0.15, -0.1) is 0 Å². The maximum absolute atomic E-state index is 11.9. The second-order valence-electron chi connectivity index (χ2n) is 4.95. The molecule has 0 spiro atoms. The first-order valence-corrected chi connectivity index (χ1v) is 6.11. The van der Waals surface area contributed by atoms with E-state index in [0.717, 1.165) is 16.5 Å². The van der Waals surface area contributed by atoms with Crippen molar-refractivity contribution in [3.05, 3.63) is 35.6 Å². The Bertz CT molecular complexity index is 596. The molecular formula is C14H15NO3. The molecule has 1 saturated carbocycles. The van der Waals surface area contributed by atoms with E-state index in [1.54, 1.807) is 6.07 Å². The Kier molecular flexibility index (Phi) is 2.59. The number of aliphatic hydroxyl groups is 1. The molecule has 0 aliphatic heterocycles. The van der Waals surface area contributed by atoms with E-state index in [-0.39, 0.29) is 18.1 Å². The largest absolute Gasteiger partial charge is 0.451 e. The van der Waals surface area contributed by atoms with E-state index in [9.17, 15) is 9.90 Å². The third kappa shape index (κ3) is 1.99. The molecule has 94 valence electrons. The highest BCUT2D eigenvalue weighted by Crippen LogP contribution is 2.23. The number of rotatable bonds is 2. The molecule has 1 aromatic heterocycles. The Morgan fingerprint density at radius 1 is 1.39 bits per heavy atom. The first-order chi connectivity index (χ1) is 8.61. The van der Waals surface area contributed by atoms with Gasteiger partial charge in [0.25, 0.3) is 5.91 Å². The standard InChI is InChI=1S/C14H15NO3/c1-8-2-3-12-9(4-8)5-13(18-12)14(17)15-10-6-11(16)7-10/h2-5,10-11,16H,6-7H2,1H3,(H,15,17). The average Bonchev–Trinajstić information content (AvgIpc) is 2.69. The monoisotopic (exact) mass is 245 g/mol. The minimum atomic E-state index is -0.270. The van der Waals surface area contributed by atoms with E-state index in [2.05, 4.69) is 5.32 Å². The molecule has 2 aromatic rings. The summed E-state index contributed by atoms with van der Waals surface area (Å²) in [5.41, 5.74) is 1.86. The smallest absolute Gasteiger partial charge is 0.287 e. The average molecular weight is 245 g/mol. The zero-order valence-corrected chi connectivity index (χ0v) is 10.1. The molecule has 1 fully saturated rings. The number of benzene rings is 1. The molecule has 3 rings (SSSR count). The molecule has 0 atom stereocenters. The Morgan fingerprint density at radius 2 is 2.17 bits per heavy atom. The van der Waals surface area contributed by atoms with Crippen LogP contribution in [0.3, 0.4) is 0 Å². The molecule has 4 heteroatoms. The number of aryl methyl sites for hydroxylation is 1. The summed E-state index contributed by atoms with van der Waals surface area (Å²) in [6.45, 7) is 2.00. The maximum Gasteiger partial charge on any atom is 0.287 e. The van der Waals surface area contributed by atoms with E-state index in [1.165, 1.54) is 0 Å². The van der Waals surface area contributed by atoms with E-state index in [1.807, 2.05) is 25.1 Å². The van der Waals surface area contributed by atoms with Crippen molar-refractivity contribution >= 4 is 16.9 Å². The van der Waals surface area contributed by atoms with Crippen LogP contribution in [0.5, 0.6) is 0 Å². The number of carbonyl (C=O) groups is 1. The lowest BCUT2D eigenvalue weighted by Gasteiger charge is -2.31. The van der Waals surface area contributed by atoms with Crippen molar-refractivity contribution in [2.45, 2.75) is 31.9 Å². The van der Waals surface area contributed by atoms with E-state index < -0.39 is 0 Å². The van der Waals surface area contributed by atoms with Crippen LogP contribution in [0.15, 0.2) is 28.7 Å². The van der Waals surface area contributed by atoms with Crippen molar-refractivity contribution in [2.75, 3.05) is 0 Å². The Morgan fingerprint density at radius 3 is 2.89 bits per heavy atom. The Hall–Kier alpha value is -1.81. The fraction of sp³-hybridized carbons (Fsp3) is 0.357. The van der Waals surface area contributed by atoms with Crippen LogP contribution in [0.2, 0.25) is 0 Å². The van der Waals surface area contributed by atoms with Crippen LogP contribution < -0.4 is 5.32 Å². The van der Waals surface area contributed by atoms with Crippen molar-refractivity contribution in [1.29, 1.82) is 0 Å². The highest BCUT2D eigenvalue weighted by molar-refractivity contribution is 5.96. The predicted octanol–water partition coefficient (Wildman–Crippen LogP) is 1.99. The summed E-state index contributed by atoms with van der Waals surface area (Å²) >= 11 is 0. The van der Waals surface area contributed by atoms with Gasteiger partial charge in [0.1, 0.15) is 5.58 Å². The van der Waals surface area contributed by atoms with Gasteiger partial charge >= 0.3 is 0 Å². The summed E-state index contributed by atoms with van der Waals surface area (Å²) in [6, 6.07) is 7.64. The summed E-state index contributed by atoms with van der Waals surface area (Å²) < 4.78 is 5.51. The quantitative estimate of drug-likeness (QED) is 0.850. The van der Waals surface area contributed by atoms with Crippen LogP contribution in [0, 0.1) is 6.92 Å².